The van der Waals surface area contributed by atoms with E-state index in [4.69, 9.17) is 23.7 Å². The van der Waals surface area contributed by atoms with E-state index in [-0.39, 0.29) is 25.0 Å². The fourth-order valence-corrected chi connectivity index (χ4v) is 5.22. The molecule has 0 spiro atoms. The van der Waals surface area contributed by atoms with E-state index in [9.17, 15) is 14.7 Å². The first-order valence-corrected chi connectivity index (χ1v) is 12.9. The number of hydrogen-bond donors (Lipinski definition) is 1. The van der Waals surface area contributed by atoms with Crippen LogP contribution in [0.1, 0.15) is 34.3 Å². The molecule has 10 nitrogen and oxygen atoms in total. The number of aryl methyl sites for hydroxylation is 1. The molecule has 4 rings (SSSR count). The number of hydrogen-bond acceptors (Lipinski definition) is 8. The number of fused-ring (bicyclic) bond motifs is 1. The number of piperazine rings is 1. The lowest BCUT2D eigenvalue weighted by Gasteiger charge is -2.41. The van der Waals surface area contributed by atoms with Gasteiger partial charge in [0, 0.05) is 30.8 Å². The first-order chi connectivity index (χ1) is 18.9. The highest BCUT2D eigenvalue weighted by Crippen LogP contribution is 2.39. The third-order valence-electron chi connectivity index (χ3n) is 7.30. The molecule has 2 aliphatic rings. The molecule has 2 aromatic rings. The number of aliphatic hydroxyl groups is 1. The summed E-state index contributed by atoms with van der Waals surface area (Å²) in [6.07, 6.45) is 4.14. The second kappa shape index (κ2) is 12.3. The zero-order valence-corrected chi connectivity index (χ0v) is 23.1. The standard InChI is InChI=1S/C29H36N2O8/c1-35-23-12-18-7-6-8-19(11-20(18)13-24(23)36-2)29(34)31-10-9-30(16-22(31)17-32)28(33)21-14-25(37-3)27(39-5)26(15-21)38-4/h11-15,22,32H,6-10,16-17H2,1-5H3/t22-/m1/s1. The fraction of sp³-hybridized carbons (Fsp3) is 0.448. The van der Waals surface area contributed by atoms with Crippen LogP contribution in [0.2, 0.25) is 0 Å². The minimum absolute atomic E-state index is 0.128. The van der Waals surface area contributed by atoms with E-state index >= 15 is 0 Å². The maximum absolute atomic E-state index is 13.7. The SMILES string of the molecule is COc1cc2c(cc1OC)CCCC(C(=O)N1CCN(C(=O)c3cc(OC)c(OC)c(OC)c3)C[C@@H]1CO)=C2. The van der Waals surface area contributed by atoms with Gasteiger partial charge < -0.3 is 38.6 Å². The summed E-state index contributed by atoms with van der Waals surface area (Å²) in [7, 11) is 7.67. The second-order valence-electron chi connectivity index (χ2n) is 9.43. The van der Waals surface area contributed by atoms with Crippen molar-refractivity contribution in [2.75, 3.05) is 61.8 Å². The van der Waals surface area contributed by atoms with E-state index in [2.05, 4.69) is 0 Å². The van der Waals surface area contributed by atoms with Gasteiger partial charge in [-0.3, -0.25) is 9.59 Å². The van der Waals surface area contributed by atoms with Gasteiger partial charge in [0.1, 0.15) is 0 Å². The molecule has 1 aliphatic heterocycles. The minimum Gasteiger partial charge on any atom is -0.493 e. The summed E-state index contributed by atoms with van der Waals surface area (Å²) in [5.74, 6) is 2.04. The first-order valence-electron chi connectivity index (χ1n) is 12.9. The molecule has 1 fully saturated rings. The molecule has 0 radical (unpaired) electrons. The first kappa shape index (κ1) is 28.1. The van der Waals surface area contributed by atoms with Crippen molar-refractivity contribution < 1.29 is 38.4 Å². The predicted octanol–water partition coefficient (Wildman–Crippen LogP) is 2.79. The Morgan fingerprint density at radius 3 is 2.05 bits per heavy atom. The monoisotopic (exact) mass is 540 g/mol. The molecular formula is C29H36N2O8. The smallest absolute Gasteiger partial charge is 0.254 e. The number of ether oxygens (including phenoxy) is 5. The largest absolute Gasteiger partial charge is 0.493 e. The van der Waals surface area contributed by atoms with Gasteiger partial charge in [-0.2, -0.15) is 0 Å². The molecular weight excluding hydrogens is 504 g/mol. The van der Waals surface area contributed by atoms with Crippen molar-refractivity contribution in [2.45, 2.75) is 25.3 Å². The quantitative estimate of drug-likeness (QED) is 0.545. The van der Waals surface area contributed by atoms with Crippen LogP contribution in [0.4, 0.5) is 0 Å². The lowest BCUT2D eigenvalue weighted by Crippen LogP contribution is -2.58. The van der Waals surface area contributed by atoms with Crippen molar-refractivity contribution in [1.29, 1.82) is 0 Å². The van der Waals surface area contributed by atoms with E-state index in [0.29, 0.717) is 59.4 Å². The maximum Gasteiger partial charge on any atom is 0.254 e. The van der Waals surface area contributed by atoms with E-state index < -0.39 is 6.04 Å². The molecule has 0 unspecified atom stereocenters. The summed E-state index contributed by atoms with van der Waals surface area (Å²) in [5, 5.41) is 10.2. The van der Waals surface area contributed by atoms with Crippen LogP contribution in [0, 0.1) is 0 Å². The number of nitrogens with zero attached hydrogens (tertiary/aromatic N) is 2. The number of benzene rings is 2. The zero-order chi connectivity index (χ0) is 28.1. The number of carbonyl (C=O) groups is 2. The molecule has 2 aromatic carbocycles. The van der Waals surface area contributed by atoms with Crippen LogP contribution in [0.15, 0.2) is 29.8 Å². The van der Waals surface area contributed by atoms with E-state index in [1.165, 1.54) is 21.3 Å². The van der Waals surface area contributed by atoms with Crippen molar-refractivity contribution in [3.05, 3.63) is 46.5 Å². The van der Waals surface area contributed by atoms with Crippen LogP contribution in [-0.4, -0.2) is 94.6 Å². The Kier molecular flexibility index (Phi) is 8.86. The van der Waals surface area contributed by atoms with Crippen molar-refractivity contribution >= 4 is 17.9 Å². The number of carbonyl (C=O) groups excluding carboxylic acids is 2. The summed E-state index contributed by atoms with van der Waals surface area (Å²) >= 11 is 0. The van der Waals surface area contributed by atoms with Crippen LogP contribution >= 0.6 is 0 Å². The molecule has 1 saturated heterocycles. The molecule has 39 heavy (non-hydrogen) atoms. The molecule has 1 heterocycles. The summed E-state index contributed by atoms with van der Waals surface area (Å²) in [6.45, 7) is 0.565. The number of amides is 2. The van der Waals surface area contributed by atoms with Crippen molar-refractivity contribution in [2.24, 2.45) is 0 Å². The Bertz CT molecular complexity index is 1230. The molecule has 1 N–H and O–H groups in total. The van der Waals surface area contributed by atoms with Crippen molar-refractivity contribution in [1.82, 2.24) is 9.80 Å². The van der Waals surface area contributed by atoms with E-state index in [1.54, 1.807) is 36.2 Å². The van der Waals surface area contributed by atoms with Gasteiger partial charge in [0.2, 0.25) is 11.7 Å². The molecule has 10 heteroatoms. The Balaban J connectivity index is 1.54. The Morgan fingerprint density at radius 2 is 1.46 bits per heavy atom. The number of methoxy groups -OCH3 is 5. The summed E-state index contributed by atoms with van der Waals surface area (Å²) in [6, 6.07) is 6.52. The highest BCUT2D eigenvalue weighted by Gasteiger charge is 2.34. The van der Waals surface area contributed by atoms with Crippen LogP contribution < -0.4 is 23.7 Å². The lowest BCUT2D eigenvalue weighted by molar-refractivity contribution is -0.132. The summed E-state index contributed by atoms with van der Waals surface area (Å²) in [4.78, 5) is 30.4. The Hall–Kier alpha value is -3.92. The molecule has 1 aliphatic carbocycles. The second-order valence-corrected chi connectivity index (χ2v) is 9.43. The Morgan fingerprint density at radius 1 is 0.821 bits per heavy atom. The molecule has 0 saturated carbocycles. The van der Waals surface area contributed by atoms with Gasteiger partial charge >= 0.3 is 0 Å². The average Bonchev–Trinajstić information content (AvgIpc) is 3.20. The summed E-state index contributed by atoms with van der Waals surface area (Å²) in [5.41, 5.74) is 3.05. The van der Waals surface area contributed by atoms with E-state index in [1.807, 2.05) is 18.2 Å². The van der Waals surface area contributed by atoms with Gasteiger partial charge in [-0.1, -0.05) is 0 Å². The molecule has 0 bridgehead atoms. The number of aliphatic hydroxyl groups excluding tert-OH is 1. The maximum atomic E-state index is 13.7. The van der Waals surface area contributed by atoms with Gasteiger partial charge in [0.05, 0.1) is 48.2 Å². The van der Waals surface area contributed by atoms with E-state index in [0.717, 1.165) is 24.0 Å². The van der Waals surface area contributed by atoms with Crippen LogP contribution in [0.3, 0.4) is 0 Å². The highest BCUT2D eigenvalue weighted by atomic mass is 16.5. The third kappa shape index (κ3) is 5.61. The normalized spacial score (nSPS) is 17.0. The van der Waals surface area contributed by atoms with Crippen LogP contribution in [0.5, 0.6) is 28.7 Å². The Labute approximate surface area is 228 Å². The predicted molar refractivity (Wildman–Crippen MR) is 145 cm³/mol. The molecule has 2 amide bonds. The average molecular weight is 541 g/mol. The zero-order valence-electron chi connectivity index (χ0n) is 23.1. The highest BCUT2D eigenvalue weighted by molar-refractivity contribution is 5.99. The molecule has 210 valence electrons. The van der Waals surface area contributed by atoms with Gasteiger partial charge in [-0.25, -0.2) is 0 Å². The van der Waals surface area contributed by atoms with Gasteiger partial charge in [0.15, 0.2) is 23.0 Å². The minimum atomic E-state index is -0.536. The van der Waals surface area contributed by atoms with Crippen LogP contribution in [0.25, 0.3) is 6.08 Å². The fourth-order valence-electron chi connectivity index (χ4n) is 5.22. The van der Waals surface area contributed by atoms with Crippen molar-refractivity contribution in [3.63, 3.8) is 0 Å². The van der Waals surface area contributed by atoms with Gasteiger partial charge in [-0.15, -0.1) is 0 Å². The molecule has 1 atom stereocenters. The molecule has 0 aromatic heterocycles. The van der Waals surface area contributed by atoms with Gasteiger partial charge in [0.25, 0.3) is 5.91 Å². The topological polar surface area (TPSA) is 107 Å². The van der Waals surface area contributed by atoms with Crippen molar-refractivity contribution in [3.8, 4) is 28.7 Å². The third-order valence-corrected chi connectivity index (χ3v) is 7.30. The number of rotatable bonds is 8. The summed E-state index contributed by atoms with van der Waals surface area (Å²) < 4.78 is 27.0. The van der Waals surface area contributed by atoms with Crippen LogP contribution in [-0.2, 0) is 11.2 Å². The van der Waals surface area contributed by atoms with Gasteiger partial charge in [-0.05, 0) is 60.7 Å². The lowest BCUT2D eigenvalue weighted by atomic mass is 10.0.